The van der Waals surface area contributed by atoms with Crippen molar-refractivity contribution in [3.05, 3.63) is 58.5 Å². The van der Waals surface area contributed by atoms with Gasteiger partial charge in [-0.2, -0.15) is 10.4 Å². The molecule has 0 fully saturated rings. The first-order valence-electron chi connectivity index (χ1n) is 5.52. The molecule has 1 amide bonds. The van der Waals surface area contributed by atoms with E-state index in [1.54, 1.807) is 24.3 Å². The largest absolute Gasteiger partial charge is 0.321 e. The van der Waals surface area contributed by atoms with Crippen molar-refractivity contribution in [2.45, 2.75) is 6.54 Å². The molecule has 0 aliphatic rings. The van der Waals surface area contributed by atoms with Crippen LogP contribution in [0.1, 0.15) is 10.5 Å². The maximum atomic E-state index is 11.9. The first kappa shape index (κ1) is 12.5. The molecular formula is C13H10N4O2. The summed E-state index contributed by atoms with van der Waals surface area (Å²) in [6, 6.07) is 13.2. The second-order valence-electron chi connectivity index (χ2n) is 3.69. The molecule has 1 aromatic carbocycles. The molecule has 0 spiro atoms. The highest BCUT2D eigenvalue weighted by Gasteiger charge is 2.09. The van der Waals surface area contributed by atoms with E-state index in [-0.39, 0.29) is 12.2 Å². The van der Waals surface area contributed by atoms with Crippen LogP contribution in [0.15, 0.2) is 47.3 Å². The molecule has 1 heterocycles. The van der Waals surface area contributed by atoms with Crippen LogP contribution in [0, 0.1) is 11.3 Å². The molecule has 1 N–H and O–H groups in total. The number of aromatic nitrogens is 2. The molecule has 0 saturated carbocycles. The summed E-state index contributed by atoms with van der Waals surface area (Å²) >= 11 is 0. The lowest BCUT2D eigenvalue weighted by atomic mass is 10.3. The lowest BCUT2D eigenvalue weighted by Crippen LogP contribution is -2.25. The van der Waals surface area contributed by atoms with Crippen molar-refractivity contribution in [3.8, 4) is 6.07 Å². The Hall–Kier alpha value is -2.94. The predicted octanol–water partition coefficient (Wildman–Crippen LogP) is 1.02. The lowest BCUT2D eigenvalue weighted by Gasteiger charge is -2.05. The second-order valence-corrected chi connectivity index (χ2v) is 3.69. The second kappa shape index (κ2) is 5.60. The Balaban J connectivity index is 2.23. The van der Waals surface area contributed by atoms with Crippen LogP contribution < -0.4 is 10.9 Å². The fraction of sp³-hybridized carbons (Fsp3) is 0.0769. The van der Waals surface area contributed by atoms with Crippen LogP contribution in [0.25, 0.3) is 0 Å². The molecule has 0 radical (unpaired) electrons. The molecule has 0 unspecified atom stereocenters. The van der Waals surface area contributed by atoms with Gasteiger partial charge >= 0.3 is 0 Å². The van der Waals surface area contributed by atoms with Crippen LogP contribution in [0.4, 0.5) is 5.69 Å². The van der Waals surface area contributed by atoms with Gasteiger partial charge in [0.25, 0.3) is 11.5 Å². The van der Waals surface area contributed by atoms with Gasteiger partial charge in [-0.05, 0) is 18.2 Å². The number of carbonyl (C=O) groups excluding carboxylic acids is 1. The number of carbonyl (C=O) groups is 1. The van der Waals surface area contributed by atoms with Gasteiger partial charge in [0.05, 0.1) is 6.07 Å². The summed E-state index contributed by atoms with van der Waals surface area (Å²) in [5, 5.41) is 15.0. The van der Waals surface area contributed by atoms with E-state index in [0.29, 0.717) is 5.69 Å². The third-order valence-electron chi connectivity index (χ3n) is 2.35. The minimum Gasteiger partial charge on any atom is -0.321 e. The van der Waals surface area contributed by atoms with Gasteiger partial charge in [-0.1, -0.05) is 18.2 Å². The van der Waals surface area contributed by atoms with Crippen molar-refractivity contribution in [3.63, 3.8) is 0 Å². The third-order valence-corrected chi connectivity index (χ3v) is 2.35. The molecule has 0 atom stereocenters. The Morgan fingerprint density at radius 1 is 1.26 bits per heavy atom. The van der Waals surface area contributed by atoms with Crippen LogP contribution >= 0.6 is 0 Å². The van der Waals surface area contributed by atoms with Crippen molar-refractivity contribution in [2.24, 2.45) is 0 Å². The number of rotatable bonds is 3. The number of nitrogens with zero attached hydrogens (tertiary/aromatic N) is 3. The fourth-order valence-corrected chi connectivity index (χ4v) is 1.47. The molecule has 0 saturated heterocycles. The summed E-state index contributed by atoms with van der Waals surface area (Å²) in [7, 11) is 0. The average Bonchev–Trinajstić information content (AvgIpc) is 2.42. The summed E-state index contributed by atoms with van der Waals surface area (Å²) < 4.78 is 0.944. The number of anilines is 1. The van der Waals surface area contributed by atoms with Gasteiger partial charge in [-0.3, -0.25) is 9.59 Å². The van der Waals surface area contributed by atoms with Gasteiger partial charge in [0.1, 0.15) is 12.2 Å². The van der Waals surface area contributed by atoms with E-state index < -0.39 is 11.5 Å². The SMILES string of the molecule is N#CCn1nc(C(=O)Nc2ccccc2)ccc1=O. The van der Waals surface area contributed by atoms with Crippen LogP contribution in [-0.2, 0) is 6.54 Å². The van der Waals surface area contributed by atoms with Gasteiger partial charge in [-0.25, -0.2) is 4.68 Å². The van der Waals surface area contributed by atoms with Crippen molar-refractivity contribution < 1.29 is 4.79 Å². The maximum Gasteiger partial charge on any atom is 0.276 e. The molecule has 6 nitrogen and oxygen atoms in total. The monoisotopic (exact) mass is 254 g/mol. The van der Waals surface area contributed by atoms with Crippen molar-refractivity contribution in [2.75, 3.05) is 5.32 Å². The number of nitriles is 1. The summed E-state index contributed by atoms with van der Waals surface area (Å²) in [5.74, 6) is -0.433. The number of benzene rings is 1. The normalized spacial score (nSPS) is 9.63. The van der Waals surface area contributed by atoms with Crippen LogP contribution in [0.3, 0.4) is 0 Å². The minimum atomic E-state index is -0.433. The van der Waals surface area contributed by atoms with Crippen LogP contribution in [-0.4, -0.2) is 15.7 Å². The van der Waals surface area contributed by atoms with E-state index in [4.69, 9.17) is 5.26 Å². The van der Waals surface area contributed by atoms with E-state index in [9.17, 15) is 9.59 Å². The highest BCUT2D eigenvalue weighted by atomic mass is 16.2. The van der Waals surface area contributed by atoms with E-state index in [1.165, 1.54) is 12.1 Å². The Bertz CT molecular complexity index is 686. The first-order valence-corrected chi connectivity index (χ1v) is 5.52. The van der Waals surface area contributed by atoms with Crippen LogP contribution in [0.2, 0.25) is 0 Å². The maximum absolute atomic E-state index is 11.9. The minimum absolute atomic E-state index is 0.0821. The molecular weight excluding hydrogens is 244 g/mol. The molecule has 6 heteroatoms. The zero-order valence-corrected chi connectivity index (χ0v) is 9.91. The summed E-state index contributed by atoms with van der Waals surface area (Å²) in [4.78, 5) is 23.3. The summed E-state index contributed by atoms with van der Waals surface area (Å²) in [6.07, 6.45) is 0. The van der Waals surface area contributed by atoms with Gasteiger partial charge in [0.15, 0.2) is 0 Å². The van der Waals surface area contributed by atoms with E-state index in [0.717, 1.165) is 4.68 Å². The quantitative estimate of drug-likeness (QED) is 0.885. The summed E-state index contributed by atoms with van der Waals surface area (Å²) in [5.41, 5.74) is 0.295. The predicted molar refractivity (Wildman–Crippen MR) is 68.5 cm³/mol. The molecule has 19 heavy (non-hydrogen) atoms. The zero-order chi connectivity index (χ0) is 13.7. The molecule has 0 aliphatic heterocycles. The molecule has 0 aliphatic carbocycles. The molecule has 2 rings (SSSR count). The third kappa shape index (κ3) is 3.04. The van der Waals surface area contributed by atoms with Gasteiger partial charge in [0, 0.05) is 11.8 Å². The Labute approximate surface area is 108 Å². The van der Waals surface area contributed by atoms with Crippen LogP contribution in [0.5, 0.6) is 0 Å². The number of nitrogens with one attached hydrogen (secondary N) is 1. The van der Waals surface area contributed by atoms with E-state index >= 15 is 0 Å². The molecule has 0 bridgehead atoms. The van der Waals surface area contributed by atoms with Gasteiger partial charge < -0.3 is 5.32 Å². The number of amides is 1. The number of para-hydroxylation sites is 1. The smallest absolute Gasteiger partial charge is 0.276 e. The first-order chi connectivity index (χ1) is 9.20. The van der Waals surface area contributed by atoms with Gasteiger partial charge in [0.2, 0.25) is 0 Å². The topological polar surface area (TPSA) is 87.8 Å². The zero-order valence-electron chi connectivity index (χ0n) is 9.91. The molecule has 94 valence electrons. The van der Waals surface area contributed by atoms with Crippen molar-refractivity contribution in [1.82, 2.24) is 9.78 Å². The molecule has 2 aromatic rings. The standard InChI is InChI=1S/C13H10N4O2/c14-8-9-17-12(18)7-6-11(16-17)13(19)15-10-4-2-1-3-5-10/h1-7H,9H2,(H,15,19). The van der Waals surface area contributed by atoms with Crippen molar-refractivity contribution in [1.29, 1.82) is 5.26 Å². The Morgan fingerprint density at radius 2 is 2.00 bits per heavy atom. The molecule has 1 aromatic heterocycles. The lowest BCUT2D eigenvalue weighted by molar-refractivity contribution is 0.102. The Morgan fingerprint density at radius 3 is 2.68 bits per heavy atom. The summed E-state index contributed by atoms with van der Waals surface area (Å²) in [6.45, 7) is -0.189. The number of hydrogen-bond donors (Lipinski definition) is 1. The fourth-order valence-electron chi connectivity index (χ4n) is 1.47. The average molecular weight is 254 g/mol. The van der Waals surface area contributed by atoms with E-state index in [1.807, 2.05) is 12.1 Å². The van der Waals surface area contributed by atoms with E-state index in [2.05, 4.69) is 10.4 Å². The highest BCUT2D eigenvalue weighted by Crippen LogP contribution is 2.06. The Kier molecular flexibility index (Phi) is 3.69. The van der Waals surface area contributed by atoms with Crippen molar-refractivity contribution >= 4 is 11.6 Å². The highest BCUT2D eigenvalue weighted by molar-refractivity contribution is 6.02. The van der Waals surface area contributed by atoms with Gasteiger partial charge in [-0.15, -0.1) is 0 Å². The number of hydrogen-bond acceptors (Lipinski definition) is 4.